The van der Waals surface area contributed by atoms with Crippen molar-refractivity contribution in [3.8, 4) is 0 Å². The van der Waals surface area contributed by atoms with Crippen LogP contribution in [0.2, 0.25) is 0 Å². The van der Waals surface area contributed by atoms with Gasteiger partial charge in [-0.25, -0.2) is 9.59 Å². The van der Waals surface area contributed by atoms with Gasteiger partial charge in [0, 0.05) is 13.1 Å². The summed E-state index contributed by atoms with van der Waals surface area (Å²) in [7, 11) is 1.96. The smallest absolute Gasteiger partial charge is 0.407 e. The number of hydrogen-bond donors (Lipinski definition) is 2. The first-order valence-corrected chi connectivity index (χ1v) is 9.96. The molecule has 0 saturated carbocycles. The van der Waals surface area contributed by atoms with Crippen LogP contribution in [0.15, 0.2) is 0 Å². The second-order valence-corrected chi connectivity index (χ2v) is 6.75. The second-order valence-electron chi connectivity index (χ2n) is 6.75. The lowest BCUT2D eigenvalue weighted by Gasteiger charge is -2.35. The van der Waals surface area contributed by atoms with Gasteiger partial charge in [0.2, 0.25) is 0 Å². The molecule has 2 unspecified atom stereocenters. The van der Waals surface area contributed by atoms with E-state index in [-0.39, 0.29) is 6.04 Å². The zero-order valence-electron chi connectivity index (χ0n) is 17.5. The maximum Gasteiger partial charge on any atom is 0.407 e. The van der Waals surface area contributed by atoms with Crippen molar-refractivity contribution in [3.05, 3.63) is 0 Å². The van der Waals surface area contributed by atoms with Gasteiger partial charge in [-0.3, -0.25) is 4.90 Å². The summed E-state index contributed by atoms with van der Waals surface area (Å²) in [6, 6.07) is -0.219. The van der Waals surface area contributed by atoms with Crippen LogP contribution in [0.1, 0.15) is 66.7 Å². The molecule has 7 heteroatoms. The molecule has 0 fully saturated rings. The van der Waals surface area contributed by atoms with Gasteiger partial charge in [0.15, 0.2) is 0 Å². The van der Waals surface area contributed by atoms with Crippen LogP contribution in [0.4, 0.5) is 9.59 Å². The molecule has 0 aromatic rings. The highest BCUT2D eigenvalue weighted by Gasteiger charge is 2.32. The van der Waals surface area contributed by atoms with Gasteiger partial charge in [-0.05, 0) is 46.7 Å². The number of unbranched alkanes of at least 4 members (excludes halogenated alkanes) is 2. The average Bonchev–Trinajstić information content (AvgIpc) is 2.55. The summed E-state index contributed by atoms with van der Waals surface area (Å²) in [5.41, 5.74) is 0. The molecule has 26 heavy (non-hydrogen) atoms. The average molecular weight is 374 g/mol. The van der Waals surface area contributed by atoms with Crippen molar-refractivity contribution < 1.29 is 19.1 Å². The molecule has 0 saturated heterocycles. The van der Waals surface area contributed by atoms with E-state index < -0.39 is 24.4 Å². The van der Waals surface area contributed by atoms with Crippen LogP contribution in [-0.4, -0.2) is 62.0 Å². The predicted molar refractivity (Wildman–Crippen MR) is 104 cm³/mol. The number of amides is 2. The molecule has 0 aromatic carbocycles. The van der Waals surface area contributed by atoms with Crippen molar-refractivity contribution in [2.45, 2.75) is 85.0 Å². The second kappa shape index (κ2) is 14.6. The molecule has 0 aliphatic rings. The standard InChI is InChI=1S/C19H39N3O4/c1-7-10-12-20-18(23)25-15(4)17(22(6)14-9-3)16(5)26-19(24)21-13-11-8-2/h15-17H,7-14H2,1-6H3,(H,20,23)(H,21,24). The normalized spacial score (nSPS) is 14.4. The molecule has 0 spiro atoms. The number of likely N-dealkylation sites (N-methyl/N-ethyl adjacent to an activating group) is 1. The minimum absolute atomic E-state index is 0.219. The zero-order chi connectivity index (χ0) is 19.9. The van der Waals surface area contributed by atoms with Crippen LogP contribution in [0.3, 0.4) is 0 Å². The van der Waals surface area contributed by atoms with Crippen LogP contribution in [0.5, 0.6) is 0 Å². The van der Waals surface area contributed by atoms with E-state index in [1.165, 1.54) is 0 Å². The highest BCUT2D eigenvalue weighted by Crippen LogP contribution is 2.15. The van der Waals surface area contributed by atoms with Crippen molar-refractivity contribution in [1.82, 2.24) is 15.5 Å². The first kappa shape index (κ1) is 24.5. The largest absolute Gasteiger partial charge is 0.445 e. The number of carbonyl (C=O) groups excluding carboxylic acids is 2. The highest BCUT2D eigenvalue weighted by molar-refractivity contribution is 5.68. The highest BCUT2D eigenvalue weighted by atomic mass is 16.6. The van der Waals surface area contributed by atoms with Gasteiger partial charge in [0.05, 0.1) is 6.04 Å². The van der Waals surface area contributed by atoms with E-state index in [2.05, 4.69) is 36.3 Å². The van der Waals surface area contributed by atoms with Gasteiger partial charge >= 0.3 is 12.2 Å². The molecule has 0 radical (unpaired) electrons. The Bertz CT molecular complexity index is 363. The summed E-state index contributed by atoms with van der Waals surface area (Å²) >= 11 is 0. The molecule has 0 aromatic heterocycles. The fraction of sp³-hybridized carbons (Fsp3) is 0.895. The summed E-state index contributed by atoms with van der Waals surface area (Å²) in [6.07, 6.45) is 3.13. The van der Waals surface area contributed by atoms with Crippen molar-refractivity contribution >= 4 is 12.2 Å². The molecule has 0 aliphatic heterocycles. The van der Waals surface area contributed by atoms with Gasteiger partial charge in [-0.15, -0.1) is 0 Å². The van der Waals surface area contributed by atoms with E-state index >= 15 is 0 Å². The zero-order valence-corrected chi connectivity index (χ0v) is 17.5. The molecule has 2 amide bonds. The molecule has 154 valence electrons. The van der Waals surface area contributed by atoms with Gasteiger partial charge in [0.1, 0.15) is 12.2 Å². The summed E-state index contributed by atoms with van der Waals surface area (Å²) < 4.78 is 11.0. The Balaban J connectivity index is 4.75. The van der Waals surface area contributed by atoms with E-state index in [4.69, 9.17) is 9.47 Å². The Morgan fingerprint density at radius 3 is 1.62 bits per heavy atom. The lowest BCUT2D eigenvalue weighted by Crippen LogP contribution is -2.51. The van der Waals surface area contributed by atoms with Gasteiger partial charge in [0.25, 0.3) is 0 Å². The number of rotatable bonds is 13. The fourth-order valence-corrected chi connectivity index (χ4v) is 2.90. The SMILES string of the molecule is CCCCNC(=O)OC(C)C(C(C)OC(=O)NCCCC)N(C)CCC. The molecular formula is C19H39N3O4. The number of carbonyl (C=O) groups is 2. The van der Waals surface area contributed by atoms with Crippen LogP contribution in [0.25, 0.3) is 0 Å². The molecule has 0 rings (SSSR count). The number of nitrogens with zero attached hydrogens (tertiary/aromatic N) is 1. The number of alkyl carbamates (subject to hydrolysis) is 2. The summed E-state index contributed by atoms with van der Waals surface area (Å²) in [4.78, 5) is 26.0. The maximum atomic E-state index is 12.0. The van der Waals surface area contributed by atoms with E-state index in [9.17, 15) is 9.59 Å². The van der Waals surface area contributed by atoms with Crippen molar-refractivity contribution in [3.63, 3.8) is 0 Å². The molecule has 0 heterocycles. The molecule has 2 N–H and O–H groups in total. The Morgan fingerprint density at radius 2 is 1.27 bits per heavy atom. The Morgan fingerprint density at radius 1 is 0.846 bits per heavy atom. The van der Waals surface area contributed by atoms with E-state index in [0.29, 0.717) is 13.1 Å². The van der Waals surface area contributed by atoms with Crippen LogP contribution >= 0.6 is 0 Å². The first-order valence-electron chi connectivity index (χ1n) is 9.96. The molecule has 0 aliphatic carbocycles. The van der Waals surface area contributed by atoms with Crippen molar-refractivity contribution in [1.29, 1.82) is 0 Å². The summed E-state index contributed by atoms with van der Waals surface area (Å²) in [5, 5.41) is 5.51. The third-order valence-electron chi connectivity index (χ3n) is 4.23. The van der Waals surface area contributed by atoms with Crippen molar-refractivity contribution in [2.75, 3.05) is 26.7 Å². The third kappa shape index (κ3) is 10.5. The topological polar surface area (TPSA) is 79.9 Å². The lowest BCUT2D eigenvalue weighted by atomic mass is 10.1. The minimum atomic E-state index is -0.430. The van der Waals surface area contributed by atoms with Gasteiger partial charge in [-0.1, -0.05) is 33.6 Å². The summed E-state index contributed by atoms with van der Waals surface area (Å²) in [6.45, 7) is 11.9. The van der Waals surface area contributed by atoms with E-state index in [0.717, 1.165) is 38.6 Å². The third-order valence-corrected chi connectivity index (χ3v) is 4.23. The Kier molecular flexibility index (Phi) is 13.8. The Hall–Kier alpha value is -1.50. The number of ether oxygens (including phenoxy) is 2. The first-order chi connectivity index (χ1) is 12.4. The maximum absolute atomic E-state index is 12.0. The van der Waals surface area contributed by atoms with E-state index in [1.807, 2.05) is 20.9 Å². The monoisotopic (exact) mass is 373 g/mol. The molecule has 2 atom stereocenters. The molecular weight excluding hydrogens is 334 g/mol. The van der Waals surface area contributed by atoms with Gasteiger partial charge in [-0.2, -0.15) is 0 Å². The predicted octanol–water partition coefficient (Wildman–Crippen LogP) is 3.53. The lowest BCUT2D eigenvalue weighted by molar-refractivity contribution is -0.0194. The Labute approximate surface area is 159 Å². The number of nitrogens with one attached hydrogen (secondary N) is 2. The van der Waals surface area contributed by atoms with Crippen molar-refractivity contribution in [2.24, 2.45) is 0 Å². The summed E-state index contributed by atoms with van der Waals surface area (Å²) in [5.74, 6) is 0. The number of hydrogen-bond acceptors (Lipinski definition) is 5. The van der Waals surface area contributed by atoms with Crippen LogP contribution in [0, 0.1) is 0 Å². The van der Waals surface area contributed by atoms with Crippen LogP contribution < -0.4 is 10.6 Å². The van der Waals surface area contributed by atoms with Gasteiger partial charge < -0.3 is 20.1 Å². The fourth-order valence-electron chi connectivity index (χ4n) is 2.90. The molecule has 7 nitrogen and oxygen atoms in total. The molecule has 0 bridgehead atoms. The quantitative estimate of drug-likeness (QED) is 0.483. The minimum Gasteiger partial charge on any atom is -0.445 e. The van der Waals surface area contributed by atoms with E-state index in [1.54, 1.807) is 0 Å². The van der Waals surface area contributed by atoms with Crippen LogP contribution in [-0.2, 0) is 9.47 Å².